The molecule has 0 amide bonds. The first-order valence-corrected chi connectivity index (χ1v) is 11.4. The van der Waals surface area contributed by atoms with Gasteiger partial charge in [0, 0.05) is 11.6 Å². The number of hydrogen-bond donors (Lipinski definition) is 1. The van der Waals surface area contributed by atoms with E-state index in [1.165, 1.54) is 26.4 Å². The van der Waals surface area contributed by atoms with Gasteiger partial charge in [-0.3, -0.25) is 4.72 Å². The van der Waals surface area contributed by atoms with Crippen LogP contribution in [0.1, 0.15) is 5.56 Å². The van der Waals surface area contributed by atoms with Gasteiger partial charge in [-0.05, 0) is 55.0 Å². The number of methoxy groups -OCH3 is 2. The molecular formula is C22H20N2O4S2. The Labute approximate surface area is 179 Å². The Kier molecular flexibility index (Phi) is 5.36. The van der Waals surface area contributed by atoms with Gasteiger partial charge in [-0.2, -0.15) is 0 Å². The summed E-state index contributed by atoms with van der Waals surface area (Å²) in [6, 6.07) is 18.0. The van der Waals surface area contributed by atoms with Crippen LogP contribution in [0.3, 0.4) is 0 Å². The third-order valence-electron chi connectivity index (χ3n) is 4.68. The van der Waals surface area contributed by atoms with Crippen LogP contribution in [0.4, 0.5) is 5.69 Å². The summed E-state index contributed by atoms with van der Waals surface area (Å²) >= 11 is 1.61. The highest BCUT2D eigenvalue weighted by molar-refractivity contribution is 7.92. The molecule has 8 heteroatoms. The fourth-order valence-corrected chi connectivity index (χ4v) is 5.20. The van der Waals surface area contributed by atoms with E-state index in [-0.39, 0.29) is 4.90 Å². The van der Waals surface area contributed by atoms with Gasteiger partial charge in [0.25, 0.3) is 10.0 Å². The lowest BCUT2D eigenvalue weighted by Crippen LogP contribution is -2.14. The van der Waals surface area contributed by atoms with E-state index < -0.39 is 10.0 Å². The van der Waals surface area contributed by atoms with Gasteiger partial charge in [0.05, 0.1) is 35.0 Å². The van der Waals surface area contributed by atoms with Gasteiger partial charge < -0.3 is 9.47 Å². The minimum absolute atomic E-state index is 0.0924. The quantitative estimate of drug-likeness (QED) is 0.452. The fourth-order valence-electron chi connectivity index (χ4n) is 3.09. The van der Waals surface area contributed by atoms with E-state index in [1.54, 1.807) is 23.5 Å². The van der Waals surface area contributed by atoms with Crippen LogP contribution in [0.5, 0.6) is 11.5 Å². The molecule has 1 aromatic heterocycles. The van der Waals surface area contributed by atoms with Gasteiger partial charge in [-0.15, -0.1) is 11.3 Å². The fraction of sp³-hybridized carbons (Fsp3) is 0.136. The molecule has 3 aromatic carbocycles. The predicted octanol–water partition coefficient (Wildman–Crippen LogP) is 5.09. The normalized spacial score (nSPS) is 11.4. The first kappa shape index (κ1) is 20.2. The molecule has 0 saturated heterocycles. The summed E-state index contributed by atoms with van der Waals surface area (Å²) in [5, 5.41) is 0.897. The minimum Gasteiger partial charge on any atom is -0.493 e. The number of anilines is 1. The number of fused-ring (bicyclic) bond motifs is 1. The number of para-hydroxylation sites is 1. The lowest BCUT2D eigenvalue weighted by Gasteiger charge is -2.13. The Bertz CT molecular complexity index is 1300. The molecule has 0 unspecified atom stereocenters. The molecule has 0 aliphatic carbocycles. The molecule has 4 rings (SSSR count). The molecule has 0 spiro atoms. The monoisotopic (exact) mass is 440 g/mol. The second-order valence-corrected chi connectivity index (χ2v) is 9.35. The lowest BCUT2D eigenvalue weighted by molar-refractivity contribution is 0.354. The minimum atomic E-state index is -3.79. The summed E-state index contributed by atoms with van der Waals surface area (Å²) in [6.45, 7) is 1.86. The number of aromatic nitrogens is 1. The highest BCUT2D eigenvalue weighted by Crippen LogP contribution is 2.33. The molecule has 0 aliphatic heterocycles. The first-order chi connectivity index (χ1) is 14.4. The third kappa shape index (κ3) is 3.83. The van der Waals surface area contributed by atoms with Crippen LogP contribution in [0.25, 0.3) is 20.8 Å². The molecule has 0 aliphatic rings. The second kappa shape index (κ2) is 7.97. The molecule has 0 saturated carbocycles. The highest BCUT2D eigenvalue weighted by atomic mass is 32.2. The van der Waals surface area contributed by atoms with Crippen molar-refractivity contribution in [3.63, 3.8) is 0 Å². The van der Waals surface area contributed by atoms with E-state index in [9.17, 15) is 8.42 Å². The van der Waals surface area contributed by atoms with Crippen LogP contribution in [0, 0.1) is 6.92 Å². The van der Waals surface area contributed by atoms with Crippen LogP contribution in [0.15, 0.2) is 65.6 Å². The Morgan fingerprint density at radius 3 is 2.40 bits per heavy atom. The van der Waals surface area contributed by atoms with Crippen LogP contribution >= 0.6 is 11.3 Å². The van der Waals surface area contributed by atoms with Crippen LogP contribution in [-0.4, -0.2) is 27.6 Å². The van der Waals surface area contributed by atoms with Gasteiger partial charge in [-0.25, -0.2) is 13.4 Å². The molecule has 1 heterocycles. The SMILES string of the molecule is COc1ccc(S(=O)(=O)Nc2ccc(-c3nc4ccccc4s3)cc2C)cc1OC. The Hall–Kier alpha value is -3.10. The number of aryl methyl sites for hydroxylation is 1. The number of hydrogen-bond acceptors (Lipinski definition) is 6. The number of rotatable bonds is 6. The zero-order valence-electron chi connectivity index (χ0n) is 16.7. The zero-order chi connectivity index (χ0) is 21.3. The molecule has 0 fully saturated rings. The van der Waals surface area contributed by atoms with E-state index >= 15 is 0 Å². The third-order valence-corrected chi connectivity index (χ3v) is 7.13. The van der Waals surface area contributed by atoms with Gasteiger partial charge in [0.2, 0.25) is 0 Å². The van der Waals surface area contributed by atoms with E-state index in [1.807, 2.05) is 43.3 Å². The first-order valence-electron chi connectivity index (χ1n) is 9.13. The summed E-state index contributed by atoms with van der Waals surface area (Å²) in [6.07, 6.45) is 0. The summed E-state index contributed by atoms with van der Waals surface area (Å²) in [5.74, 6) is 0.816. The van der Waals surface area contributed by atoms with Crippen molar-refractivity contribution < 1.29 is 17.9 Å². The topological polar surface area (TPSA) is 77.5 Å². The molecule has 4 aromatic rings. The molecule has 1 N–H and O–H groups in total. The maximum absolute atomic E-state index is 12.9. The van der Waals surface area contributed by atoms with Crippen molar-refractivity contribution in [1.29, 1.82) is 0 Å². The van der Waals surface area contributed by atoms with Crippen molar-refractivity contribution in [1.82, 2.24) is 4.98 Å². The van der Waals surface area contributed by atoms with Crippen molar-refractivity contribution in [3.05, 3.63) is 66.2 Å². The molecule has 0 radical (unpaired) electrons. The predicted molar refractivity (Wildman–Crippen MR) is 120 cm³/mol. The molecule has 0 bridgehead atoms. The maximum atomic E-state index is 12.9. The lowest BCUT2D eigenvalue weighted by atomic mass is 10.1. The molecular weight excluding hydrogens is 420 g/mol. The smallest absolute Gasteiger partial charge is 0.262 e. The molecule has 6 nitrogen and oxygen atoms in total. The average Bonchev–Trinajstić information content (AvgIpc) is 3.18. The summed E-state index contributed by atoms with van der Waals surface area (Å²) in [7, 11) is -0.824. The number of thiazole rings is 1. The number of benzene rings is 3. The standard InChI is InChI=1S/C22H20N2O4S2/c1-14-12-15(22-23-18-6-4-5-7-21(18)29-22)8-10-17(14)24-30(25,26)16-9-11-19(27-2)20(13-16)28-3/h4-13,24H,1-3H3. The summed E-state index contributed by atoms with van der Waals surface area (Å²) < 4.78 is 39.9. The average molecular weight is 441 g/mol. The van der Waals surface area contributed by atoms with Crippen molar-refractivity contribution >= 4 is 37.3 Å². The summed E-state index contributed by atoms with van der Waals surface area (Å²) in [5.41, 5.74) is 3.21. The van der Waals surface area contributed by atoms with E-state index in [0.717, 1.165) is 26.4 Å². The Balaban J connectivity index is 1.63. The van der Waals surface area contributed by atoms with Gasteiger partial charge in [-0.1, -0.05) is 12.1 Å². The van der Waals surface area contributed by atoms with Crippen LogP contribution < -0.4 is 14.2 Å². The highest BCUT2D eigenvalue weighted by Gasteiger charge is 2.18. The van der Waals surface area contributed by atoms with Crippen molar-refractivity contribution in [3.8, 4) is 22.1 Å². The Morgan fingerprint density at radius 2 is 1.70 bits per heavy atom. The van der Waals surface area contributed by atoms with Gasteiger partial charge in [0.15, 0.2) is 11.5 Å². The van der Waals surface area contributed by atoms with E-state index in [4.69, 9.17) is 9.47 Å². The van der Waals surface area contributed by atoms with E-state index in [0.29, 0.717) is 17.2 Å². The van der Waals surface area contributed by atoms with Crippen LogP contribution in [-0.2, 0) is 10.0 Å². The largest absolute Gasteiger partial charge is 0.493 e. The maximum Gasteiger partial charge on any atom is 0.262 e. The molecule has 154 valence electrons. The van der Waals surface area contributed by atoms with Crippen molar-refractivity contribution in [2.45, 2.75) is 11.8 Å². The van der Waals surface area contributed by atoms with Gasteiger partial charge in [0.1, 0.15) is 5.01 Å². The Morgan fingerprint density at radius 1 is 0.933 bits per heavy atom. The van der Waals surface area contributed by atoms with E-state index in [2.05, 4.69) is 9.71 Å². The van der Waals surface area contributed by atoms with Gasteiger partial charge >= 0.3 is 0 Å². The van der Waals surface area contributed by atoms with Crippen molar-refractivity contribution in [2.75, 3.05) is 18.9 Å². The number of ether oxygens (including phenoxy) is 2. The number of nitrogens with zero attached hydrogens (tertiary/aromatic N) is 1. The molecule has 0 atom stereocenters. The van der Waals surface area contributed by atoms with Crippen LogP contribution in [0.2, 0.25) is 0 Å². The molecule has 30 heavy (non-hydrogen) atoms. The number of nitrogens with one attached hydrogen (secondary N) is 1. The summed E-state index contributed by atoms with van der Waals surface area (Å²) in [4.78, 5) is 4.76. The number of sulfonamides is 1. The zero-order valence-corrected chi connectivity index (χ0v) is 18.3. The van der Waals surface area contributed by atoms with Crippen molar-refractivity contribution in [2.24, 2.45) is 0 Å². The second-order valence-electron chi connectivity index (χ2n) is 6.64.